The van der Waals surface area contributed by atoms with Crippen molar-refractivity contribution in [3.8, 4) is 0 Å². The average molecular weight is 361 g/mol. The van der Waals surface area contributed by atoms with Crippen molar-refractivity contribution in [1.29, 1.82) is 0 Å². The van der Waals surface area contributed by atoms with Crippen LogP contribution in [0.25, 0.3) is 0 Å². The lowest BCUT2D eigenvalue weighted by Crippen LogP contribution is -3.15. The fraction of sp³-hybridized carbons (Fsp3) is 0.632. The number of benzene rings is 1. The summed E-state index contributed by atoms with van der Waals surface area (Å²) in [4.78, 5) is 3.89. The van der Waals surface area contributed by atoms with Gasteiger partial charge in [0.2, 0.25) is 5.82 Å². The van der Waals surface area contributed by atoms with E-state index in [9.17, 15) is 4.39 Å². The molecule has 26 heavy (non-hydrogen) atoms. The van der Waals surface area contributed by atoms with Crippen LogP contribution >= 0.6 is 0 Å². The van der Waals surface area contributed by atoms with Gasteiger partial charge in [-0.3, -0.25) is 0 Å². The zero-order valence-corrected chi connectivity index (χ0v) is 16.0. The first-order chi connectivity index (χ1) is 12.6. The maximum atomic E-state index is 13.2. The minimum absolute atomic E-state index is 0.182. The lowest BCUT2D eigenvalue weighted by molar-refractivity contribution is -0.933. The SMILES string of the molecule is CCCC[C@@H](c1nnnn1C(C)C)[NH+]1CCN(c2ccc(F)cc2)CC1. The zero-order chi connectivity index (χ0) is 18.5. The third-order valence-corrected chi connectivity index (χ3v) is 5.26. The van der Waals surface area contributed by atoms with Gasteiger partial charge in [-0.05, 0) is 55.0 Å². The molecule has 1 atom stereocenters. The molecule has 0 saturated carbocycles. The Morgan fingerprint density at radius 3 is 2.46 bits per heavy atom. The number of aromatic nitrogens is 4. The van der Waals surface area contributed by atoms with E-state index in [1.165, 1.54) is 25.0 Å². The van der Waals surface area contributed by atoms with Crippen molar-refractivity contribution in [3.63, 3.8) is 0 Å². The van der Waals surface area contributed by atoms with E-state index in [-0.39, 0.29) is 11.9 Å². The number of nitrogens with zero attached hydrogens (tertiary/aromatic N) is 5. The molecule has 0 bridgehead atoms. The number of hydrogen-bond donors (Lipinski definition) is 1. The van der Waals surface area contributed by atoms with Gasteiger partial charge in [0, 0.05) is 12.1 Å². The van der Waals surface area contributed by atoms with E-state index in [2.05, 4.69) is 41.2 Å². The van der Waals surface area contributed by atoms with Gasteiger partial charge in [0.1, 0.15) is 11.9 Å². The van der Waals surface area contributed by atoms with Crippen molar-refractivity contribution in [3.05, 3.63) is 35.9 Å². The Balaban J connectivity index is 1.71. The Hall–Kier alpha value is -2.02. The number of nitrogens with one attached hydrogen (secondary N) is 1. The third-order valence-electron chi connectivity index (χ3n) is 5.26. The smallest absolute Gasteiger partial charge is 0.209 e. The maximum absolute atomic E-state index is 13.2. The summed E-state index contributed by atoms with van der Waals surface area (Å²) in [5, 5.41) is 12.5. The highest BCUT2D eigenvalue weighted by Crippen LogP contribution is 2.19. The second-order valence-corrected chi connectivity index (χ2v) is 7.39. The standard InChI is InChI=1S/C19H29FN6/c1-4-5-6-18(19-21-22-23-26(19)15(2)3)25-13-11-24(12-14-25)17-9-7-16(20)8-10-17/h7-10,15,18H,4-6,11-14H2,1-3H3/p+1/t18-/m0/s1. The van der Waals surface area contributed by atoms with Gasteiger partial charge in [-0.2, -0.15) is 0 Å². The molecule has 1 aliphatic rings. The van der Waals surface area contributed by atoms with Gasteiger partial charge in [0.25, 0.3) is 0 Å². The fourth-order valence-electron chi connectivity index (χ4n) is 3.77. The molecule has 3 rings (SSSR count). The Morgan fingerprint density at radius 1 is 1.15 bits per heavy atom. The van der Waals surface area contributed by atoms with Crippen molar-refractivity contribution in [1.82, 2.24) is 20.2 Å². The number of tetrazole rings is 1. The number of rotatable bonds is 7. The molecule has 1 aromatic heterocycles. The van der Waals surface area contributed by atoms with E-state index in [0.29, 0.717) is 6.04 Å². The molecule has 1 N–H and O–H groups in total. The molecule has 1 aromatic carbocycles. The summed E-state index contributed by atoms with van der Waals surface area (Å²) < 4.78 is 15.1. The first-order valence-corrected chi connectivity index (χ1v) is 9.73. The quantitative estimate of drug-likeness (QED) is 0.820. The number of anilines is 1. The minimum atomic E-state index is -0.182. The van der Waals surface area contributed by atoms with Crippen LogP contribution in [0.15, 0.2) is 24.3 Å². The highest BCUT2D eigenvalue weighted by Gasteiger charge is 2.32. The van der Waals surface area contributed by atoms with Gasteiger partial charge in [-0.15, -0.1) is 5.10 Å². The Morgan fingerprint density at radius 2 is 1.85 bits per heavy atom. The summed E-state index contributed by atoms with van der Waals surface area (Å²) >= 11 is 0. The van der Waals surface area contributed by atoms with Crippen LogP contribution in [-0.4, -0.2) is 46.4 Å². The van der Waals surface area contributed by atoms with Crippen molar-refractivity contribution in [2.45, 2.75) is 52.1 Å². The van der Waals surface area contributed by atoms with E-state index >= 15 is 0 Å². The van der Waals surface area contributed by atoms with E-state index < -0.39 is 0 Å². The summed E-state index contributed by atoms with van der Waals surface area (Å²) in [5.41, 5.74) is 1.10. The number of hydrogen-bond acceptors (Lipinski definition) is 4. The second kappa shape index (κ2) is 8.58. The molecule has 0 spiro atoms. The maximum Gasteiger partial charge on any atom is 0.209 e. The Kier molecular flexibility index (Phi) is 6.19. The molecule has 1 saturated heterocycles. The lowest BCUT2D eigenvalue weighted by atomic mass is 10.1. The van der Waals surface area contributed by atoms with Crippen molar-refractivity contribution in [2.75, 3.05) is 31.1 Å². The molecule has 0 unspecified atom stereocenters. The largest absolute Gasteiger partial charge is 0.360 e. The molecule has 6 nitrogen and oxygen atoms in total. The summed E-state index contributed by atoms with van der Waals surface area (Å²) in [5.74, 6) is 0.830. The molecule has 0 aliphatic carbocycles. The fourth-order valence-corrected chi connectivity index (χ4v) is 3.77. The van der Waals surface area contributed by atoms with Crippen LogP contribution in [0, 0.1) is 5.82 Å². The van der Waals surface area contributed by atoms with Crippen LogP contribution in [0.1, 0.15) is 57.9 Å². The van der Waals surface area contributed by atoms with E-state index in [1.54, 1.807) is 4.90 Å². The predicted octanol–water partition coefficient (Wildman–Crippen LogP) is 2.03. The zero-order valence-electron chi connectivity index (χ0n) is 16.0. The van der Waals surface area contributed by atoms with Gasteiger partial charge in [0.15, 0.2) is 0 Å². The predicted molar refractivity (Wildman–Crippen MR) is 99.8 cm³/mol. The lowest BCUT2D eigenvalue weighted by Gasteiger charge is -2.37. The minimum Gasteiger partial charge on any atom is -0.360 e. The van der Waals surface area contributed by atoms with E-state index in [1.807, 2.05) is 16.8 Å². The Labute approximate surface area is 155 Å². The van der Waals surface area contributed by atoms with Crippen molar-refractivity contribution >= 4 is 5.69 Å². The number of quaternary nitrogens is 1. The topological polar surface area (TPSA) is 51.3 Å². The molecule has 2 heterocycles. The van der Waals surface area contributed by atoms with Crippen LogP contribution in [0.5, 0.6) is 0 Å². The molecule has 7 heteroatoms. The molecular formula is C19H30FN6+. The molecule has 142 valence electrons. The average Bonchev–Trinajstić information content (AvgIpc) is 3.13. The van der Waals surface area contributed by atoms with Gasteiger partial charge < -0.3 is 9.80 Å². The first kappa shape index (κ1) is 18.8. The van der Waals surface area contributed by atoms with Gasteiger partial charge in [-0.25, -0.2) is 9.07 Å². The van der Waals surface area contributed by atoms with Crippen LogP contribution in [0.4, 0.5) is 10.1 Å². The van der Waals surface area contributed by atoms with Gasteiger partial charge in [-0.1, -0.05) is 13.3 Å². The summed E-state index contributed by atoms with van der Waals surface area (Å²) in [6.07, 6.45) is 3.46. The monoisotopic (exact) mass is 361 g/mol. The van der Waals surface area contributed by atoms with Crippen LogP contribution in [0.2, 0.25) is 0 Å². The van der Waals surface area contributed by atoms with E-state index in [4.69, 9.17) is 0 Å². The summed E-state index contributed by atoms with van der Waals surface area (Å²) in [6, 6.07) is 7.42. The van der Waals surface area contributed by atoms with Crippen molar-refractivity contribution in [2.24, 2.45) is 0 Å². The molecule has 0 radical (unpaired) electrons. The molecular weight excluding hydrogens is 331 g/mol. The van der Waals surface area contributed by atoms with Crippen molar-refractivity contribution < 1.29 is 9.29 Å². The van der Waals surface area contributed by atoms with E-state index in [0.717, 1.165) is 44.1 Å². The first-order valence-electron chi connectivity index (χ1n) is 9.73. The van der Waals surface area contributed by atoms with Crippen LogP contribution < -0.4 is 9.80 Å². The molecule has 1 aliphatic heterocycles. The molecule has 0 amide bonds. The van der Waals surface area contributed by atoms with Gasteiger partial charge in [0.05, 0.1) is 32.2 Å². The number of halogens is 1. The van der Waals surface area contributed by atoms with Gasteiger partial charge >= 0.3 is 0 Å². The van der Waals surface area contributed by atoms with Crippen LogP contribution in [0.3, 0.4) is 0 Å². The summed E-state index contributed by atoms with van der Waals surface area (Å²) in [6.45, 7) is 10.5. The van der Waals surface area contributed by atoms with Crippen LogP contribution in [-0.2, 0) is 0 Å². The third kappa shape index (κ3) is 4.20. The Bertz CT molecular complexity index is 676. The second-order valence-electron chi connectivity index (χ2n) is 7.39. The molecule has 1 fully saturated rings. The normalized spacial score (nSPS) is 17.0. The molecule has 2 aromatic rings. The summed E-state index contributed by atoms with van der Waals surface area (Å²) in [7, 11) is 0. The number of unbranched alkanes of at least 4 members (excludes halogenated alkanes) is 1. The highest BCUT2D eigenvalue weighted by molar-refractivity contribution is 5.46. The highest BCUT2D eigenvalue weighted by atomic mass is 19.1. The number of piperazine rings is 1.